The molecule has 0 saturated carbocycles. The molecule has 2 unspecified atom stereocenters. The van der Waals surface area contributed by atoms with Crippen molar-refractivity contribution in [3.63, 3.8) is 0 Å². The first-order valence-electron chi connectivity index (χ1n) is 7.02. The monoisotopic (exact) mass is 305 g/mol. The van der Waals surface area contributed by atoms with Gasteiger partial charge in [0.25, 0.3) is 5.91 Å². The van der Waals surface area contributed by atoms with Gasteiger partial charge in [0.15, 0.2) is 0 Å². The highest BCUT2D eigenvalue weighted by Crippen LogP contribution is 2.27. The molecule has 0 heterocycles. The number of thioether (sulfide) groups is 1. The number of allylic oxidation sites excluding steroid dienone is 1. The molecule has 112 valence electrons. The van der Waals surface area contributed by atoms with Gasteiger partial charge in [-0.3, -0.25) is 9.59 Å². The molecule has 4 nitrogen and oxygen atoms in total. The third-order valence-corrected chi connectivity index (χ3v) is 4.55. The summed E-state index contributed by atoms with van der Waals surface area (Å²) in [6.07, 6.45) is 7.00. The molecule has 21 heavy (non-hydrogen) atoms. The predicted molar refractivity (Wildman–Crippen MR) is 83.6 cm³/mol. The molecular weight excluding hydrogens is 286 g/mol. The summed E-state index contributed by atoms with van der Waals surface area (Å²) in [7, 11) is 0. The molecule has 1 amide bonds. The molecule has 0 aromatic heterocycles. The highest BCUT2D eigenvalue weighted by atomic mass is 32.2. The third kappa shape index (κ3) is 4.36. The van der Waals surface area contributed by atoms with E-state index in [0.717, 1.165) is 19.3 Å². The average molecular weight is 305 g/mol. The van der Waals surface area contributed by atoms with E-state index in [1.54, 1.807) is 25.1 Å². The largest absolute Gasteiger partial charge is 0.480 e. The maximum absolute atomic E-state index is 12.4. The van der Waals surface area contributed by atoms with Gasteiger partial charge in [-0.15, -0.1) is 11.8 Å². The molecule has 0 aliphatic heterocycles. The van der Waals surface area contributed by atoms with Crippen LogP contribution in [0.4, 0.5) is 0 Å². The second-order valence-corrected chi connectivity index (χ2v) is 6.43. The molecule has 1 aliphatic carbocycles. The normalized spacial score (nSPS) is 19.0. The van der Waals surface area contributed by atoms with Crippen molar-refractivity contribution in [2.75, 3.05) is 0 Å². The van der Waals surface area contributed by atoms with E-state index in [1.807, 2.05) is 6.07 Å². The second kappa shape index (κ2) is 7.31. The molecule has 1 aromatic rings. The summed E-state index contributed by atoms with van der Waals surface area (Å²) in [5, 5.41) is 11.4. The summed E-state index contributed by atoms with van der Waals surface area (Å²) < 4.78 is 0. The smallest absolute Gasteiger partial charge is 0.316 e. The highest BCUT2D eigenvalue weighted by molar-refractivity contribution is 8.00. The molecule has 0 fully saturated rings. The van der Waals surface area contributed by atoms with Crippen LogP contribution in [0.25, 0.3) is 0 Å². The van der Waals surface area contributed by atoms with Crippen molar-refractivity contribution < 1.29 is 14.7 Å². The van der Waals surface area contributed by atoms with Crippen molar-refractivity contribution in [2.45, 2.75) is 42.4 Å². The standard InChI is InChI=1S/C16H19NO3S/c1-11(16(19)20)21-14-10-6-5-9-13(14)15(18)17-12-7-3-2-4-8-12/h2-3,5-6,9-12H,4,7-8H2,1H3,(H,17,18)(H,19,20). The molecule has 0 spiro atoms. The number of nitrogens with one attached hydrogen (secondary N) is 1. The van der Waals surface area contributed by atoms with Crippen LogP contribution in [0, 0.1) is 0 Å². The number of aliphatic carboxylic acids is 1. The zero-order valence-electron chi connectivity index (χ0n) is 11.9. The van der Waals surface area contributed by atoms with Crippen LogP contribution in [0.1, 0.15) is 36.5 Å². The van der Waals surface area contributed by atoms with Gasteiger partial charge in [0.05, 0.1) is 5.56 Å². The summed E-state index contributed by atoms with van der Waals surface area (Å²) in [5.74, 6) is -1.01. The number of carbonyl (C=O) groups is 2. The maximum atomic E-state index is 12.4. The topological polar surface area (TPSA) is 66.4 Å². The lowest BCUT2D eigenvalue weighted by Gasteiger charge is -2.20. The number of amides is 1. The summed E-state index contributed by atoms with van der Waals surface area (Å²) in [6, 6.07) is 7.31. The van der Waals surface area contributed by atoms with Gasteiger partial charge in [-0.1, -0.05) is 24.3 Å². The lowest BCUT2D eigenvalue weighted by Crippen LogP contribution is -2.35. The highest BCUT2D eigenvalue weighted by Gasteiger charge is 2.19. The van der Waals surface area contributed by atoms with Gasteiger partial charge in [0, 0.05) is 10.9 Å². The SMILES string of the molecule is CC(Sc1ccccc1C(=O)NC1CC=CCC1)C(=O)O. The van der Waals surface area contributed by atoms with E-state index in [4.69, 9.17) is 5.11 Å². The van der Waals surface area contributed by atoms with E-state index in [2.05, 4.69) is 17.5 Å². The van der Waals surface area contributed by atoms with Crippen molar-refractivity contribution in [3.05, 3.63) is 42.0 Å². The van der Waals surface area contributed by atoms with Crippen LogP contribution in [-0.4, -0.2) is 28.3 Å². The molecule has 0 bridgehead atoms. The molecule has 2 rings (SSSR count). The predicted octanol–water partition coefficient (Wildman–Crippen LogP) is 3.09. The number of hydrogen-bond acceptors (Lipinski definition) is 3. The van der Waals surface area contributed by atoms with E-state index in [9.17, 15) is 9.59 Å². The molecule has 2 atom stereocenters. The van der Waals surface area contributed by atoms with Crippen LogP contribution in [0.15, 0.2) is 41.3 Å². The number of carbonyl (C=O) groups excluding carboxylic acids is 1. The van der Waals surface area contributed by atoms with Crippen LogP contribution in [0.2, 0.25) is 0 Å². The van der Waals surface area contributed by atoms with Crippen LogP contribution in [-0.2, 0) is 4.79 Å². The van der Waals surface area contributed by atoms with Gasteiger partial charge in [-0.05, 0) is 38.3 Å². The first-order valence-corrected chi connectivity index (χ1v) is 7.90. The number of hydrogen-bond donors (Lipinski definition) is 2. The van der Waals surface area contributed by atoms with Crippen molar-refractivity contribution >= 4 is 23.6 Å². The molecule has 2 N–H and O–H groups in total. The minimum absolute atomic E-state index is 0.129. The van der Waals surface area contributed by atoms with E-state index in [1.165, 1.54) is 11.8 Å². The zero-order chi connectivity index (χ0) is 15.2. The summed E-state index contributed by atoms with van der Waals surface area (Å²) in [4.78, 5) is 24.1. The van der Waals surface area contributed by atoms with Crippen molar-refractivity contribution in [1.29, 1.82) is 0 Å². The van der Waals surface area contributed by atoms with Crippen molar-refractivity contribution in [1.82, 2.24) is 5.32 Å². The Morgan fingerprint density at radius 2 is 2.10 bits per heavy atom. The number of carboxylic acids is 1. The molecule has 1 aliphatic rings. The molecule has 0 saturated heterocycles. The van der Waals surface area contributed by atoms with E-state index in [-0.39, 0.29) is 11.9 Å². The average Bonchev–Trinajstić information content (AvgIpc) is 2.48. The Balaban J connectivity index is 2.09. The lowest BCUT2D eigenvalue weighted by molar-refractivity contribution is -0.136. The van der Waals surface area contributed by atoms with Crippen LogP contribution < -0.4 is 5.32 Å². The first kappa shape index (κ1) is 15.6. The van der Waals surface area contributed by atoms with Crippen molar-refractivity contribution in [2.24, 2.45) is 0 Å². The maximum Gasteiger partial charge on any atom is 0.316 e. The summed E-state index contributed by atoms with van der Waals surface area (Å²) in [5.41, 5.74) is 0.546. The number of rotatable bonds is 5. The quantitative estimate of drug-likeness (QED) is 0.648. The van der Waals surface area contributed by atoms with Crippen LogP contribution in [0.3, 0.4) is 0 Å². The lowest BCUT2D eigenvalue weighted by atomic mass is 10.0. The molecular formula is C16H19NO3S. The minimum Gasteiger partial charge on any atom is -0.480 e. The first-order chi connectivity index (χ1) is 10.1. The molecule has 0 radical (unpaired) electrons. The van der Waals surface area contributed by atoms with E-state index < -0.39 is 11.2 Å². The Labute approximate surface area is 128 Å². The molecule has 5 heteroatoms. The fourth-order valence-electron chi connectivity index (χ4n) is 2.19. The Morgan fingerprint density at radius 1 is 1.33 bits per heavy atom. The number of carboxylic acid groups (broad SMARTS) is 1. The Hall–Kier alpha value is -1.75. The zero-order valence-corrected chi connectivity index (χ0v) is 12.7. The molecule has 1 aromatic carbocycles. The second-order valence-electron chi connectivity index (χ2n) is 5.05. The summed E-state index contributed by atoms with van der Waals surface area (Å²) in [6.45, 7) is 1.62. The fourth-order valence-corrected chi connectivity index (χ4v) is 3.11. The Bertz CT molecular complexity index is 556. The van der Waals surface area contributed by atoms with E-state index in [0.29, 0.717) is 10.5 Å². The number of benzene rings is 1. The van der Waals surface area contributed by atoms with E-state index >= 15 is 0 Å². The van der Waals surface area contributed by atoms with Gasteiger partial charge in [-0.2, -0.15) is 0 Å². The van der Waals surface area contributed by atoms with Gasteiger partial charge in [0.1, 0.15) is 5.25 Å². The van der Waals surface area contributed by atoms with Crippen LogP contribution >= 0.6 is 11.8 Å². The van der Waals surface area contributed by atoms with Gasteiger partial charge < -0.3 is 10.4 Å². The van der Waals surface area contributed by atoms with Gasteiger partial charge in [0.2, 0.25) is 0 Å². The van der Waals surface area contributed by atoms with Crippen LogP contribution in [0.5, 0.6) is 0 Å². The Morgan fingerprint density at radius 3 is 2.76 bits per heavy atom. The van der Waals surface area contributed by atoms with Gasteiger partial charge in [-0.25, -0.2) is 0 Å². The fraction of sp³-hybridized carbons (Fsp3) is 0.375. The Kier molecular flexibility index (Phi) is 5.44. The minimum atomic E-state index is -0.882. The van der Waals surface area contributed by atoms with Crippen molar-refractivity contribution in [3.8, 4) is 0 Å². The van der Waals surface area contributed by atoms with Gasteiger partial charge >= 0.3 is 5.97 Å². The summed E-state index contributed by atoms with van der Waals surface area (Å²) >= 11 is 1.19. The third-order valence-electron chi connectivity index (χ3n) is 3.39.